The molecule has 0 radical (unpaired) electrons. The summed E-state index contributed by atoms with van der Waals surface area (Å²) in [6.45, 7) is 4.53. The topological polar surface area (TPSA) is 91.9 Å². The second kappa shape index (κ2) is 10.9. The third-order valence-corrected chi connectivity index (χ3v) is 6.75. The quantitative estimate of drug-likeness (QED) is 0.236. The molecule has 0 aliphatic carbocycles. The molecule has 1 aliphatic rings. The van der Waals surface area contributed by atoms with Crippen LogP contribution in [0.5, 0.6) is 0 Å². The SMILES string of the molecule is O=C(Nc1ccc(N2CCN(Cc3ccccc3Cl)CC2)cc1)c1ccc(-c2cccc([N+](=O)[O-])c2)o1. The van der Waals surface area contributed by atoms with Crippen LogP contribution in [0.1, 0.15) is 16.1 Å². The first kappa shape index (κ1) is 24.5. The molecule has 0 atom stereocenters. The Balaban J connectivity index is 1.16. The molecule has 0 bridgehead atoms. The molecule has 3 aromatic carbocycles. The molecule has 1 N–H and O–H groups in total. The van der Waals surface area contributed by atoms with Crippen LogP contribution >= 0.6 is 11.6 Å². The van der Waals surface area contributed by atoms with E-state index < -0.39 is 10.8 Å². The zero-order valence-electron chi connectivity index (χ0n) is 20.0. The van der Waals surface area contributed by atoms with E-state index in [-0.39, 0.29) is 11.4 Å². The van der Waals surface area contributed by atoms with Gasteiger partial charge < -0.3 is 14.6 Å². The van der Waals surface area contributed by atoms with Crippen molar-refractivity contribution < 1.29 is 14.1 Å². The highest BCUT2D eigenvalue weighted by molar-refractivity contribution is 6.31. The molecule has 5 rings (SSSR count). The van der Waals surface area contributed by atoms with E-state index in [0.717, 1.165) is 49.0 Å². The van der Waals surface area contributed by atoms with Gasteiger partial charge in [0.1, 0.15) is 5.76 Å². The van der Waals surface area contributed by atoms with Crippen LogP contribution < -0.4 is 10.2 Å². The number of carbonyl (C=O) groups excluding carboxylic acids is 1. The summed E-state index contributed by atoms with van der Waals surface area (Å²) in [7, 11) is 0. The first-order chi connectivity index (χ1) is 18.0. The molecule has 9 heteroatoms. The van der Waals surface area contributed by atoms with Crippen molar-refractivity contribution in [3.8, 4) is 11.3 Å². The molecule has 0 saturated carbocycles. The van der Waals surface area contributed by atoms with E-state index in [1.165, 1.54) is 12.1 Å². The first-order valence-corrected chi connectivity index (χ1v) is 12.3. The summed E-state index contributed by atoms with van der Waals surface area (Å²) < 4.78 is 5.66. The van der Waals surface area contributed by atoms with Gasteiger partial charge in [-0.15, -0.1) is 0 Å². The van der Waals surface area contributed by atoms with Gasteiger partial charge in [-0.1, -0.05) is 41.9 Å². The van der Waals surface area contributed by atoms with Gasteiger partial charge in [-0.05, 0) is 48.0 Å². The standard InChI is InChI=1S/C28H25ClN4O4/c29-25-7-2-1-4-21(25)19-31-14-16-32(17-15-31)23-10-8-22(9-11-23)30-28(34)27-13-12-26(37-27)20-5-3-6-24(18-20)33(35)36/h1-13,18H,14-17,19H2,(H,30,34). The van der Waals surface area contributed by atoms with Gasteiger partial charge in [0.25, 0.3) is 11.6 Å². The maximum absolute atomic E-state index is 12.7. The molecule has 2 heterocycles. The number of carbonyl (C=O) groups is 1. The molecule has 1 fully saturated rings. The van der Waals surface area contributed by atoms with Gasteiger partial charge in [-0.2, -0.15) is 0 Å². The van der Waals surface area contributed by atoms with Crippen LogP contribution in [0.2, 0.25) is 5.02 Å². The number of benzene rings is 3. The van der Waals surface area contributed by atoms with E-state index in [9.17, 15) is 14.9 Å². The summed E-state index contributed by atoms with van der Waals surface area (Å²) in [5.74, 6) is 0.121. The molecule has 1 aromatic heterocycles. The fraction of sp³-hybridized carbons (Fsp3) is 0.179. The number of nitrogens with zero attached hydrogens (tertiary/aromatic N) is 3. The Hall–Kier alpha value is -4.14. The lowest BCUT2D eigenvalue weighted by Gasteiger charge is -2.36. The average Bonchev–Trinajstić information content (AvgIpc) is 3.42. The van der Waals surface area contributed by atoms with Crippen molar-refractivity contribution in [2.24, 2.45) is 0 Å². The van der Waals surface area contributed by atoms with Crippen molar-refractivity contribution in [2.45, 2.75) is 6.54 Å². The number of nitro groups is 1. The number of nitro benzene ring substituents is 1. The van der Waals surface area contributed by atoms with Gasteiger partial charge in [-0.3, -0.25) is 19.8 Å². The molecule has 1 amide bonds. The van der Waals surface area contributed by atoms with Crippen LogP contribution in [-0.4, -0.2) is 41.9 Å². The van der Waals surface area contributed by atoms with E-state index in [1.54, 1.807) is 24.3 Å². The van der Waals surface area contributed by atoms with Crippen molar-refractivity contribution in [3.05, 3.63) is 111 Å². The van der Waals surface area contributed by atoms with E-state index >= 15 is 0 Å². The van der Waals surface area contributed by atoms with Gasteiger partial charge in [0.15, 0.2) is 5.76 Å². The third-order valence-electron chi connectivity index (χ3n) is 6.39. The minimum absolute atomic E-state index is 0.0398. The maximum Gasteiger partial charge on any atom is 0.291 e. The van der Waals surface area contributed by atoms with Crippen molar-refractivity contribution in [1.29, 1.82) is 0 Å². The molecular weight excluding hydrogens is 492 g/mol. The van der Waals surface area contributed by atoms with E-state index in [1.807, 2.05) is 42.5 Å². The Labute approximate surface area is 219 Å². The molecule has 0 spiro atoms. The number of hydrogen-bond acceptors (Lipinski definition) is 6. The van der Waals surface area contributed by atoms with Crippen LogP contribution in [0.3, 0.4) is 0 Å². The van der Waals surface area contributed by atoms with Gasteiger partial charge in [0.2, 0.25) is 0 Å². The predicted molar refractivity (Wildman–Crippen MR) is 144 cm³/mol. The summed E-state index contributed by atoms with van der Waals surface area (Å²) in [4.78, 5) is 28.0. The van der Waals surface area contributed by atoms with Crippen molar-refractivity contribution in [3.63, 3.8) is 0 Å². The molecule has 1 saturated heterocycles. The second-order valence-electron chi connectivity index (χ2n) is 8.83. The van der Waals surface area contributed by atoms with Gasteiger partial charge in [-0.25, -0.2) is 0 Å². The van der Waals surface area contributed by atoms with Crippen LogP contribution in [0.4, 0.5) is 17.1 Å². The summed E-state index contributed by atoms with van der Waals surface area (Å²) in [5, 5.41) is 14.7. The Morgan fingerprint density at radius 3 is 2.43 bits per heavy atom. The zero-order chi connectivity index (χ0) is 25.8. The monoisotopic (exact) mass is 516 g/mol. The van der Waals surface area contributed by atoms with Crippen molar-refractivity contribution >= 4 is 34.6 Å². The molecule has 0 unspecified atom stereocenters. The van der Waals surface area contributed by atoms with Crippen LogP contribution in [0.25, 0.3) is 11.3 Å². The summed E-state index contributed by atoms with van der Waals surface area (Å²) in [5.41, 5.74) is 3.39. The highest BCUT2D eigenvalue weighted by Gasteiger charge is 2.19. The minimum Gasteiger partial charge on any atom is -0.451 e. The number of rotatable bonds is 7. The lowest BCUT2D eigenvalue weighted by atomic mass is 10.1. The van der Waals surface area contributed by atoms with Crippen molar-refractivity contribution in [1.82, 2.24) is 4.90 Å². The van der Waals surface area contributed by atoms with Gasteiger partial charge in [0, 0.05) is 66.8 Å². The molecule has 4 aromatic rings. The first-order valence-electron chi connectivity index (χ1n) is 11.9. The Morgan fingerprint density at radius 2 is 1.70 bits per heavy atom. The second-order valence-corrected chi connectivity index (χ2v) is 9.23. The van der Waals surface area contributed by atoms with Crippen LogP contribution in [-0.2, 0) is 6.54 Å². The normalized spacial score (nSPS) is 13.9. The fourth-order valence-electron chi connectivity index (χ4n) is 4.37. The van der Waals surface area contributed by atoms with E-state index in [0.29, 0.717) is 17.0 Å². The van der Waals surface area contributed by atoms with Crippen molar-refractivity contribution in [2.75, 3.05) is 36.4 Å². The number of furan rings is 1. The van der Waals surface area contributed by atoms with Crippen LogP contribution in [0.15, 0.2) is 89.3 Å². The fourth-order valence-corrected chi connectivity index (χ4v) is 4.56. The maximum atomic E-state index is 12.7. The molecule has 8 nitrogen and oxygen atoms in total. The summed E-state index contributed by atoms with van der Waals surface area (Å²) in [6.07, 6.45) is 0. The molecule has 1 aliphatic heterocycles. The van der Waals surface area contributed by atoms with E-state index in [4.69, 9.17) is 16.0 Å². The largest absolute Gasteiger partial charge is 0.451 e. The predicted octanol–water partition coefficient (Wildman–Crippen LogP) is 6.08. The molecular formula is C28H25ClN4O4. The van der Waals surface area contributed by atoms with Gasteiger partial charge in [0.05, 0.1) is 4.92 Å². The number of anilines is 2. The molecule has 37 heavy (non-hydrogen) atoms. The Bertz CT molecular complexity index is 1410. The minimum atomic E-state index is -0.468. The lowest BCUT2D eigenvalue weighted by Crippen LogP contribution is -2.46. The number of amides is 1. The number of non-ortho nitro benzene ring substituents is 1. The lowest BCUT2D eigenvalue weighted by molar-refractivity contribution is -0.384. The average molecular weight is 517 g/mol. The summed E-state index contributed by atoms with van der Waals surface area (Å²) >= 11 is 6.31. The summed E-state index contributed by atoms with van der Waals surface area (Å²) in [6, 6.07) is 25.0. The van der Waals surface area contributed by atoms with Gasteiger partial charge >= 0.3 is 0 Å². The molecule has 188 valence electrons. The number of hydrogen-bond donors (Lipinski definition) is 1. The highest BCUT2D eigenvalue weighted by atomic mass is 35.5. The smallest absolute Gasteiger partial charge is 0.291 e. The zero-order valence-corrected chi connectivity index (χ0v) is 20.7. The number of piperazine rings is 1. The third kappa shape index (κ3) is 5.82. The number of nitrogens with one attached hydrogen (secondary N) is 1. The Morgan fingerprint density at radius 1 is 0.946 bits per heavy atom. The Kier molecular flexibility index (Phi) is 7.20. The van der Waals surface area contributed by atoms with Crippen LogP contribution in [0, 0.1) is 10.1 Å². The van der Waals surface area contributed by atoms with E-state index in [2.05, 4.69) is 21.2 Å². The number of halogens is 1. The highest BCUT2D eigenvalue weighted by Crippen LogP contribution is 2.27.